The highest BCUT2D eigenvalue weighted by Crippen LogP contribution is 2.33. The SMILES string of the molecule is CC(N)C1CCN(C(=O)c2cn(-c3ccccc3C(F)(F)F)nn2)CC1. The monoisotopic (exact) mass is 367 g/mol. The lowest BCUT2D eigenvalue weighted by molar-refractivity contribution is -0.137. The molecule has 2 heterocycles. The van der Waals surface area contributed by atoms with Crippen molar-refractivity contribution in [2.24, 2.45) is 11.7 Å². The molecule has 0 saturated carbocycles. The van der Waals surface area contributed by atoms with E-state index in [1.54, 1.807) is 4.90 Å². The smallest absolute Gasteiger partial charge is 0.337 e. The number of hydrogen-bond acceptors (Lipinski definition) is 4. The summed E-state index contributed by atoms with van der Waals surface area (Å²) in [5.74, 6) is 0.0391. The van der Waals surface area contributed by atoms with Gasteiger partial charge in [0.15, 0.2) is 5.69 Å². The van der Waals surface area contributed by atoms with E-state index in [0.717, 1.165) is 23.6 Å². The minimum absolute atomic E-state index is 0.0289. The molecule has 0 aliphatic carbocycles. The van der Waals surface area contributed by atoms with Gasteiger partial charge in [0, 0.05) is 19.1 Å². The van der Waals surface area contributed by atoms with Crippen molar-refractivity contribution in [3.63, 3.8) is 0 Å². The van der Waals surface area contributed by atoms with E-state index in [0.29, 0.717) is 19.0 Å². The number of benzene rings is 1. The molecule has 1 fully saturated rings. The topological polar surface area (TPSA) is 77.0 Å². The van der Waals surface area contributed by atoms with Crippen LogP contribution in [0.5, 0.6) is 0 Å². The van der Waals surface area contributed by atoms with Crippen molar-refractivity contribution in [2.75, 3.05) is 13.1 Å². The minimum atomic E-state index is -4.52. The van der Waals surface area contributed by atoms with Gasteiger partial charge >= 0.3 is 6.18 Å². The molecule has 2 N–H and O–H groups in total. The molecule has 2 aromatic rings. The standard InChI is InChI=1S/C17H20F3N5O/c1-11(21)12-6-8-24(9-7-12)16(26)14-10-25(23-22-14)15-5-3-2-4-13(15)17(18,19)20/h2-5,10-12H,6-9,21H2,1H3. The van der Waals surface area contributed by atoms with Crippen LogP contribution in [0.1, 0.15) is 35.8 Å². The third-order valence-electron chi connectivity index (χ3n) is 4.74. The van der Waals surface area contributed by atoms with Gasteiger partial charge in [-0.1, -0.05) is 17.3 Å². The Balaban J connectivity index is 1.78. The van der Waals surface area contributed by atoms with E-state index < -0.39 is 11.7 Å². The molecule has 1 amide bonds. The van der Waals surface area contributed by atoms with Gasteiger partial charge in [-0.25, -0.2) is 4.68 Å². The van der Waals surface area contributed by atoms with Crippen LogP contribution in [0.3, 0.4) is 0 Å². The second-order valence-corrected chi connectivity index (χ2v) is 6.55. The molecule has 1 aliphatic heterocycles. The summed E-state index contributed by atoms with van der Waals surface area (Å²) in [6.07, 6.45) is -1.68. The summed E-state index contributed by atoms with van der Waals surface area (Å²) in [5.41, 5.74) is 4.93. The second kappa shape index (κ2) is 7.06. The van der Waals surface area contributed by atoms with Crippen molar-refractivity contribution in [1.82, 2.24) is 19.9 Å². The maximum absolute atomic E-state index is 13.1. The molecular weight excluding hydrogens is 347 g/mol. The summed E-state index contributed by atoms with van der Waals surface area (Å²) < 4.78 is 40.4. The summed E-state index contributed by atoms with van der Waals surface area (Å²) in [7, 11) is 0. The number of alkyl halides is 3. The minimum Gasteiger partial charge on any atom is -0.337 e. The zero-order valence-corrected chi connectivity index (χ0v) is 14.3. The first-order valence-corrected chi connectivity index (χ1v) is 8.41. The third kappa shape index (κ3) is 3.72. The molecule has 1 aliphatic rings. The lowest BCUT2D eigenvalue weighted by atomic mass is 9.91. The van der Waals surface area contributed by atoms with E-state index in [1.165, 1.54) is 24.4 Å². The van der Waals surface area contributed by atoms with E-state index in [2.05, 4.69) is 10.3 Å². The van der Waals surface area contributed by atoms with Gasteiger partial charge in [0.05, 0.1) is 17.4 Å². The molecule has 1 unspecified atom stereocenters. The van der Waals surface area contributed by atoms with Crippen LogP contribution in [-0.2, 0) is 6.18 Å². The quantitative estimate of drug-likeness (QED) is 0.904. The Morgan fingerprint density at radius 2 is 1.92 bits per heavy atom. The number of amides is 1. The van der Waals surface area contributed by atoms with Crippen LogP contribution in [0, 0.1) is 5.92 Å². The summed E-state index contributed by atoms with van der Waals surface area (Å²) in [6.45, 7) is 3.06. The number of halogens is 3. The summed E-state index contributed by atoms with van der Waals surface area (Å²) in [4.78, 5) is 14.2. The molecule has 0 spiro atoms. The van der Waals surface area contributed by atoms with Crippen LogP contribution in [0.4, 0.5) is 13.2 Å². The van der Waals surface area contributed by atoms with Crippen molar-refractivity contribution in [1.29, 1.82) is 0 Å². The van der Waals surface area contributed by atoms with Crippen LogP contribution in [0.2, 0.25) is 0 Å². The molecular formula is C17H20F3N5O. The molecule has 140 valence electrons. The van der Waals surface area contributed by atoms with Gasteiger partial charge in [0.2, 0.25) is 0 Å². The molecule has 1 saturated heterocycles. The van der Waals surface area contributed by atoms with Crippen LogP contribution in [-0.4, -0.2) is 44.9 Å². The number of para-hydroxylation sites is 1. The number of nitrogens with two attached hydrogens (primary N) is 1. The summed E-state index contributed by atoms with van der Waals surface area (Å²) >= 11 is 0. The van der Waals surface area contributed by atoms with Gasteiger partial charge in [-0.05, 0) is 37.8 Å². The van der Waals surface area contributed by atoms with Crippen molar-refractivity contribution in [3.05, 3.63) is 41.7 Å². The van der Waals surface area contributed by atoms with Crippen molar-refractivity contribution in [3.8, 4) is 5.69 Å². The number of aromatic nitrogens is 3. The molecule has 1 atom stereocenters. The zero-order chi connectivity index (χ0) is 18.9. The van der Waals surface area contributed by atoms with Gasteiger partial charge < -0.3 is 10.6 Å². The average molecular weight is 367 g/mol. The Morgan fingerprint density at radius 1 is 1.27 bits per heavy atom. The van der Waals surface area contributed by atoms with E-state index in [1.807, 2.05) is 6.92 Å². The molecule has 0 radical (unpaired) electrons. The van der Waals surface area contributed by atoms with E-state index in [9.17, 15) is 18.0 Å². The van der Waals surface area contributed by atoms with E-state index in [-0.39, 0.29) is 23.3 Å². The Morgan fingerprint density at radius 3 is 2.54 bits per heavy atom. The molecule has 6 nitrogen and oxygen atoms in total. The fourth-order valence-electron chi connectivity index (χ4n) is 3.18. The number of nitrogens with zero attached hydrogens (tertiary/aromatic N) is 4. The Bertz CT molecular complexity index is 779. The van der Waals surface area contributed by atoms with Crippen LogP contribution >= 0.6 is 0 Å². The Kier molecular flexibility index (Phi) is 4.99. The predicted molar refractivity (Wildman–Crippen MR) is 88.6 cm³/mol. The largest absolute Gasteiger partial charge is 0.418 e. The van der Waals surface area contributed by atoms with Gasteiger partial charge in [-0.15, -0.1) is 5.10 Å². The van der Waals surface area contributed by atoms with Crippen LogP contribution < -0.4 is 5.73 Å². The van der Waals surface area contributed by atoms with Crippen LogP contribution in [0.25, 0.3) is 5.69 Å². The van der Waals surface area contributed by atoms with Gasteiger partial charge in [0.25, 0.3) is 5.91 Å². The van der Waals surface area contributed by atoms with E-state index >= 15 is 0 Å². The maximum Gasteiger partial charge on any atom is 0.418 e. The molecule has 26 heavy (non-hydrogen) atoms. The van der Waals surface area contributed by atoms with Crippen molar-refractivity contribution >= 4 is 5.91 Å². The Labute approximate surface area is 148 Å². The first kappa shape index (κ1) is 18.4. The van der Waals surface area contributed by atoms with Gasteiger partial charge in [-0.3, -0.25) is 4.79 Å². The molecule has 9 heteroatoms. The van der Waals surface area contributed by atoms with E-state index in [4.69, 9.17) is 5.73 Å². The first-order chi connectivity index (χ1) is 12.3. The van der Waals surface area contributed by atoms with Crippen molar-refractivity contribution in [2.45, 2.75) is 32.0 Å². The number of rotatable bonds is 3. The van der Waals surface area contributed by atoms with Crippen LogP contribution in [0.15, 0.2) is 30.5 Å². The third-order valence-corrected chi connectivity index (χ3v) is 4.74. The molecule has 0 bridgehead atoms. The van der Waals surface area contributed by atoms with Gasteiger partial charge in [0.1, 0.15) is 0 Å². The molecule has 3 rings (SSSR count). The number of piperidine rings is 1. The fraction of sp³-hybridized carbons (Fsp3) is 0.471. The number of likely N-dealkylation sites (tertiary alicyclic amines) is 1. The fourth-order valence-corrected chi connectivity index (χ4v) is 3.18. The maximum atomic E-state index is 13.1. The number of carbonyl (C=O) groups is 1. The van der Waals surface area contributed by atoms with Gasteiger partial charge in [-0.2, -0.15) is 13.2 Å². The summed E-state index contributed by atoms with van der Waals surface area (Å²) in [5, 5.41) is 7.49. The lowest BCUT2D eigenvalue weighted by Gasteiger charge is -2.33. The predicted octanol–water partition coefficient (Wildman–Crippen LogP) is 2.49. The first-order valence-electron chi connectivity index (χ1n) is 8.41. The highest BCUT2D eigenvalue weighted by atomic mass is 19.4. The number of hydrogen-bond donors (Lipinski definition) is 1. The lowest BCUT2D eigenvalue weighted by Crippen LogP contribution is -2.42. The summed E-state index contributed by atoms with van der Waals surface area (Å²) in [6, 6.07) is 5.12. The highest BCUT2D eigenvalue weighted by Gasteiger charge is 2.34. The molecule has 1 aromatic heterocycles. The zero-order valence-electron chi connectivity index (χ0n) is 14.3. The average Bonchev–Trinajstić information content (AvgIpc) is 3.10. The second-order valence-electron chi connectivity index (χ2n) is 6.55. The normalized spacial score (nSPS) is 17.3. The Hall–Kier alpha value is -2.42. The number of carbonyl (C=O) groups excluding carboxylic acids is 1. The highest BCUT2D eigenvalue weighted by molar-refractivity contribution is 5.92. The molecule has 1 aromatic carbocycles. The van der Waals surface area contributed by atoms with Crippen molar-refractivity contribution < 1.29 is 18.0 Å².